The minimum Gasteiger partial charge on any atom is -0.486 e. The van der Waals surface area contributed by atoms with Crippen LogP contribution in [0.2, 0.25) is 0 Å². The van der Waals surface area contributed by atoms with E-state index < -0.39 is 5.60 Å². The number of aliphatic hydroxyl groups is 1. The van der Waals surface area contributed by atoms with E-state index in [1.54, 1.807) is 0 Å². The molecule has 4 rings (SSSR count). The van der Waals surface area contributed by atoms with Gasteiger partial charge in [-0.3, -0.25) is 4.79 Å². The number of Topliss-reactive ketones (excluding diaryl/α,β-unsaturated/α-hetero) is 1. The van der Waals surface area contributed by atoms with Crippen LogP contribution in [-0.2, 0) is 11.2 Å². The summed E-state index contributed by atoms with van der Waals surface area (Å²) in [6.07, 6.45) is 4.35. The number of likely N-dealkylation sites (N-methyl/N-ethyl adjacent to an activating group) is 1. The van der Waals surface area contributed by atoms with Crippen LogP contribution in [0.15, 0.2) is 48.5 Å². The smallest absolute Gasteiger partial charge is 0.168 e. The van der Waals surface area contributed by atoms with Crippen molar-refractivity contribution in [2.75, 3.05) is 38.1 Å². The van der Waals surface area contributed by atoms with E-state index in [0.717, 1.165) is 68.0 Å². The number of ether oxygens (including phenoxy) is 1. The SMILES string of the molecule is C[C@H](Oc1ccc(CC(=O)C2(O)CCCCC2)c(N2CCN(C)CC2)c1)c1ccccc1. The molecule has 0 bridgehead atoms. The number of benzene rings is 2. The monoisotopic (exact) mass is 436 g/mol. The van der Waals surface area contributed by atoms with E-state index >= 15 is 0 Å². The summed E-state index contributed by atoms with van der Waals surface area (Å²) >= 11 is 0. The molecule has 1 atom stereocenters. The molecule has 5 heteroatoms. The second kappa shape index (κ2) is 10.1. The molecule has 5 nitrogen and oxygen atoms in total. The predicted octanol–water partition coefficient (Wildman–Crippen LogP) is 4.39. The zero-order chi connectivity index (χ0) is 22.6. The number of hydrogen-bond donors (Lipinski definition) is 1. The van der Waals surface area contributed by atoms with Gasteiger partial charge in [-0.05, 0) is 44.0 Å². The van der Waals surface area contributed by atoms with E-state index in [2.05, 4.69) is 42.0 Å². The normalized spacial score (nSPS) is 20.0. The Morgan fingerprint density at radius 3 is 2.41 bits per heavy atom. The van der Waals surface area contributed by atoms with E-state index in [1.807, 2.05) is 30.3 Å². The van der Waals surface area contributed by atoms with E-state index in [9.17, 15) is 9.90 Å². The molecule has 0 spiro atoms. The number of nitrogens with zero attached hydrogens (tertiary/aromatic N) is 2. The van der Waals surface area contributed by atoms with Crippen LogP contribution < -0.4 is 9.64 Å². The number of piperazine rings is 1. The number of hydrogen-bond acceptors (Lipinski definition) is 5. The van der Waals surface area contributed by atoms with Gasteiger partial charge in [0.1, 0.15) is 17.5 Å². The molecule has 2 fully saturated rings. The van der Waals surface area contributed by atoms with Crippen molar-refractivity contribution in [1.29, 1.82) is 0 Å². The van der Waals surface area contributed by atoms with Gasteiger partial charge < -0.3 is 19.6 Å². The van der Waals surface area contributed by atoms with Gasteiger partial charge in [0.05, 0.1) is 0 Å². The van der Waals surface area contributed by atoms with Crippen molar-refractivity contribution in [2.45, 2.75) is 57.2 Å². The predicted molar refractivity (Wildman–Crippen MR) is 128 cm³/mol. The zero-order valence-electron chi connectivity index (χ0n) is 19.4. The van der Waals surface area contributed by atoms with Gasteiger partial charge in [-0.15, -0.1) is 0 Å². The molecule has 0 amide bonds. The summed E-state index contributed by atoms with van der Waals surface area (Å²) in [6.45, 7) is 5.87. The number of ketones is 1. The summed E-state index contributed by atoms with van der Waals surface area (Å²) < 4.78 is 6.28. The molecule has 0 unspecified atom stereocenters. The molecule has 2 aromatic carbocycles. The van der Waals surface area contributed by atoms with Crippen LogP contribution in [0.4, 0.5) is 5.69 Å². The molecule has 2 aliphatic rings. The van der Waals surface area contributed by atoms with Gasteiger partial charge in [0, 0.05) is 44.4 Å². The Hall–Kier alpha value is -2.37. The molecular weight excluding hydrogens is 400 g/mol. The van der Waals surface area contributed by atoms with E-state index in [4.69, 9.17) is 4.74 Å². The first-order valence-corrected chi connectivity index (χ1v) is 12.0. The van der Waals surface area contributed by atoms with E-state index in [0.29, 0.717) is 12.8 Å². The Labute approximate surface area is 192 Å². The molecule has 1 aliphatic heterocycles. The highest BCUT2D eigenvalue weighted by Gasteiger charge is 2.37. The number of rotatable bonds is 7. The average molecular weight is 437 g/mol. The van der Waals surface area contributed by atoms with Crippen molar-refractivity contribution in [2.24, 2.45) is 0 Å². The lowest BCUT2D eigenvalue weighted by molar-refractivity contribution is -0.139. The summed E-state index contributed by atoms with van der Waals surface area (Å²) in [5, 5.41) is 10.9. The van der Waals surface area contributed by atoms with Gasteiger partial charge in [0.2, 0.25) is 0 Å². The summed E-state index contributed by atoms with van der Waals surface area (Å²) in [5.41, 5.74) is 2.02. The highest BCUT2D eigenvalue weighted by Crippen LogP contribution is 2.34. The largest absolute Gasteiger partial charge is 0.486 e. The van der Waals surface area contributed by atoms with Crippen LogP contribution in [0.1, 0.15) is 56.3 Å². The second-order valence-corrected chi connectivity index (χ2v) is 9.44. The van der Waals surface area contributed by atoms with Crippen LogP contribution in [0.3, 0.4) is 0 Å². The Morgan fingerprint density at radius 1 is 1.03 bits per heavy atom. The van der Waals surface area contributed by atoms with Crippen LogP contribution >= 0.6 is 0 Å². The van der Waals surface area contributed by atoms with Crippen molar-refractivity contribution < 1.29 is 14.6 Å². The summed E-state index contributed by atoms with van der Waals surface area (Å²) in [4.78, 5) is 17.8. The van der Waals surface area contributed by atoms with Gasteiger partial charge in [-0.25, -0.2) is 0 Å². The lowest BCUT2D eigenvalue weighted by Gasteiger charge is -2.36. The summed E-state index contributed by atoms with van der Waals surface area (Å²) in [6, 6.07) is 16.3. The average Bonchev–Trinajstić information content (AvgIpc) is 2.81. The van der Waals surface area contributed by atoms with Crippen molar-refractivity contribution in [3.05, 3.63) is 59.7 Å². The third-order valence-electron chi connectivity index (χ3n) is 7.03. The Bertz CT molecular complexity index is 900. The maximum atomic E-state index is 13.1. The minimum absolute atomic E-state index is 0.0427. The van der Waals surface area contributed by atoms with Crippen molar-refractivity contribution >= 4 is 11.5 Å². The van der Waals surface area contributed by atoms with Gasteiger partial charge in [0.15, 0.2) is 5.78 Å². The highest BCUT2D eigenvalue weighted by atomic mass is 16.5. The fourth-order valence-corrected chi connectivity index (χ4v) is 4.86. The second-order valence-electron chi connectivity index (χ2n) is 9.44. The van der Waals surface area contributed by atoms with Crippen LogP contribution in [0.5, 0.6) is 5.75 Å². The zero-order valence-corrected chi connectivity index (χ0v) is 19.4. The number of carbonyl (C=O) groups is 1. The van der Waals surface area contributed by atoms with Gasteiger partial charge >= 0.3 is 0 Å². The fraction of sp³-hybridized carbons (Fsp3) is 0.519. The Kier molecular flexibility index (Phi) is 7.17. The van der Waals surface area contributed by atoms with Gasteiger partial charge in [-0.2, -0.15) is 0 Å². The molecule has 1 heterocycles. The number of carbonyl (C=O) groups excluding carboxylic acids is 1. The lowest BCUT2D eigenvalue weighted by Crippen LogP contribution is -2.45. The van der Waals surface area contributed by atoms with Crippen LogP contribution in [0.25, 0.3) is 0 Å². The van der Waals surface area contributed by atoms with Gasteiger partial charge in [0.25, 0.3) is 0 Å². The molecule has 1 aliphatic carbocycles. The quantitative estimate of drug-likeness (QED) is 0.698. The van der Waals surface area contributed by atoms with Crippen LogP contribution in [0, 0.1) is 0 Å². The molecule has 1 saturated heterocycles. The third kappa shape index (κ3) is 5.33. The van der Waals surface area contributed by atoms with Gasteiger partial charge in [-0.1, -0.05) is 55.7 Å². The first kappa shape index (κ1) is 22.8. The molecule has 172 valence electrons. The third-order valence-corrected chi connectivity index (χ3v) is 7.03. The molecule has 0 aromatic heterocycles. The fourth-order valence-electron chi connectivity index (χ4n) is 4.86. The van der Waals surface area contributed by atoms with Crippen molar-refractivity contribution in [1.82, 2.24) is 4.90 Å². The maximum Gasteiger partial charge on any atom is 0.168 e. The van der Waals surface area contributed by atoms with Crippen molar-refractivity contribution in [3.8, 4) is 5.75 Å². The molecule has 0 radical (unpaired) electrons. The molecule has 1 N–H and O–H groups in total. The minimum atomic E-state index is -1.16. The van der Waals surface area contributed by atoms with E-state index in [-0.39, 0.29) is 18.3 Å². The number of anilines is 1. The first-order valence-electron chi connectivity index (χ1n) is 12.0. The Morgan fingerprint density at radius 2 is 1.72 bits per heavy atom. The summed E-state index contributed by atoms with van der Waals surface area (Å²) in [7, 11) is 2.14. The molecular formula is C27H36N2O3. The highest BCUT2D eigenvalue weighted by molar-refractivity contribution is 5.90. The Balaban J connectivity index is 1.57. The standard InChI is InChI=1S/C27H36N2O3/c1-21(22-9-5-3-6-10-22)32-24-12-11-23(19-26(30)27(31)13-7-4-8-14-27)25(20-24)29-17-15-28(2)16-18-29/h3,5-6,9-12,20-21,31H,4,7-8,13-19H2,1-2H3/t21-/m0/s1. The van der Waals surface area contributed by atoms with Crippen LogP contribution in [-0.4, -0.2) is 54.6 Å². The van der Waals surface area contributed by atoms with E-state index in [1.165, 1.54) is 0 Å². The maximum absolute atomic E-state index is 13.1. The first-order chi connectivity index (χ1) is 15.4. The molecule has 2 aromatic rings. The van der Waals surface area contributed by atoms with Crippen molar-refractivity contribution in [3.63, 3.8) is 0 Å². The molecule has 1 saturated carbocycles. The molecule has 32 heavy (non-hydrogen) atoms. The summed E-state index contributed by atoms with van der Waals surface area (Å²) in [5.74, 6) is 0.766. The topological polar surface area (TPSA) is 53.0 Å². The lowest BCUT2D eigenvalue weighted by atomic mass is 9.80.